The first-order valence-corrected chi connectivity index (χ1v) is 10.7. The van der Waals surface area contributed by atoms with E-state index in [4.69, 9.17) is 4.74 Å². The second kappa shape index (κ2) is 10.2. The molecule has 31 heavy (non-hydrogen) atoms. The minimum Gasteiger partial charge on any atom is -0.469 e. The van der Waals surface area contributed by atoms with E-state index in [9.17, 15) is 9.59 Å². The molecule has 3 aromatic rings. The number of benzene rings is 1. The Hall–Kier alpha value is -3.22. The van der Waals surface area contributed by atoms with Gasteiger partial charge in [-0.05, 0) is 44.7 Å². The number of aromatic nitrogens is 3. The average molecular weight is 423 g/mol. The molecule has 2 heterocycles. The molecule has 0 bridgehead atoms. The van der Waals surface area contributed by atoms with Crippen LogP contribution in [0.25, 0.3) is 11.0 Å². The minimum atomic E-state index is -0.288. The van der Waals surface area contributed by atoms with Gasteiger partial charge in [-0.3, -0.25) is 9.59 Å². The summed E-state index contributed by atoms with van der Waals surface area (Å²) in [5.74, 6) is -0.478. The largest absolute Gasteiger partial charge is 0.469 e. The number of pyridine rings is 1. The maximum Gasteiger partial charge on any atom is 0.305 e. The third-order valence-corrected chi connectivity index (χ3v) is 5.53. The highest BCUT2D eigenvalue weighted by molar-refractivity contribution is 6.05. The van der Waals surface area contributed by atoms with E-state index in [2.05, 4.69) is 29.2 Å². The summed E-state index contributed by atoms with van der Waals surface area (Å²) >= 11 is 0. The van der Waals surface area contributed by atoms with Crippen molar-refractivity contribution in [2.45, 2.75) is 58.5 Å². The van der Waals surface area contributed by atoms with Crippen molar-refractivity contribution in [2.75, 3.05) is 7.11 Å². The molecule has 0 spiro atoms. The van der Waals surface area contributed by atoms with Gasteiger partial charge in [-0.25, -0.2) is 9.67 Å². The predicted octanol–water partition coefficient (Wildman–Crippen LogP) is 4.01. The quantitative estimate of drug-likeness (QED) is 0.527. The first kappa shape index (κ1) is 22.5. The third-order valence-electron chi connectivity index (χ3n) is 5.53. The van der Waals surface area contributed by atoms with Crippen molar-refractivity contribution in [1.29, 1.82) is 0 Å². The van der Waals surface area contributed by atoms with Crippen LogP contribution in [0.1, 0.15) is 60.8 Å². The van der Waals surface area contributed by atoms with Gasteiger partial charge < -0.3 is 10.1 Å². The SMILES string of the molecule is CC[C@H](C)n1ncc2c(C(=O)N[C@@H](CCC(=O)OC)Cc3ccccc3)cc(C)nc21. The smallest absolute Gasteiger partial charge is 0.305 e. The zero-order valence-electron chi connectivity index (χ0n) is 18.6. The second-order valence-corrected chi connectivity index (χ2v) is 7.87. The van der Waals surface area contributed by atoms with Crippen molar-refractivity contribution < 1.29 is 14.3 Å². The lowest BCUT2D eigenvalue weighted by atomic mass is 10.0. The summed E-state index contributed by atoms with van der Waals surface area (Å²) < 4.78 is 6.65. The van der Waals surface area contributed by atoms with Crippen molar-refractivity contribution in [3.8, 4) is 0 Å². The highest BCUT2D eigenvalue weighted by atomic mass is 16.5. The van der Waals surface area contributed by atoms with Gasteiger partial charge in [0.2, 0.25) is 0 Å². The number of fused-ring (bicyclic) bond motifs is 1. The second-order valence-electron chi connectivity index (χ2n) is 7.87. The Morgan fingerprint density at radius 1 is 1.23 bits per heavy atom. The Labute approximate surface area is 182 Å². The van der Waals surface area contributed by atoms with E-state index >= 15 is 0 Å². The Morgan fingerprint density at radius 3 is 2.65 bits per heavy atom. The van der Waals surface area contributed by atoms with Crippen LogP contribution >= 0.6 is 0 Å². The fraction of sp³-hybridized carbons (Fsp3) is 0.417. The molecule has 1 amide bonds. The first-order chi connectivity index (χ1) is 14.9. The molecule has 2 atom stereocenters. The molecule has 0 saturated carbocycles. The molecule has 0 aliphatic rings. The van der Waals surface area contributed by atoms with E-state index in [1.165, 1.54) is 7.11 Å². The minimum absolute atomic E-state index is 0.189. The topological polar surface area (TPSA) is 86.1 Å². The van der Waals surface area contributed by atoms with Gasteiger partial charge in [0.05, 0.1) is 30.3 Å². The van der Waals surface area contributed by atoms with Gasteiger partial charge in [0.15, 0.2) is 5.65 Å². The zero-order valence-corrected chi connectivity index (χ0v) is 18.6. The fourth-order valence-corrected chi connectivity index (χ4v) is 3.61. The highest BCUT2D eigenvalue weighted by Crippen LogP contribution is 2.23. The van der Waals surface area contributed by atoms with E-state index < -0.39 is 0 Å². The first-order valence-electron chi connectivity index (χ1n) is 10.7. The Morgan fingerprint density at radius 2 is 1.97 bits per heavy atom. The van der Waals surface area contributed by atoms with Gasteiger partial charge in [-0.2, -0.15) is 5.10 Å². The van der Waals surface area contributed by atoms with Gasteiger partial charge in [0.1, 0.15) is 0 Å². The van der Waals surface area contributed by atoms with E-state index in [0.29, 0.717) is 24.1 Å². The van der Waals surface area contributed by atoms with E-state index in [-0.39, 0.29) is 30.4 Å². The standard InChI is InChI=1S/C24H30N4O3/c1-5-17(3)28-23-21(15-25-28)20(13-16(2)26-23)24(30)27-19(11-12-22(29)31-4)14-18-9-7-6-8-10-18/h6-10,13,15,17,19H,5,11-12,14H2,1-4H3,(H,27,30)/t17-,19-/m0/s1. The highest BCUT2D eigenvalue weighted by Gasteiger charge is 2.21. The van der Waals surface area contributed by atoms with Crippen LogP contribution in [0.5, 0.6) is 0 Å². The number of carbonyl (C=O) groups is 2. The summed E-state index contributed by atoms with van der Waals surface area (Å²) in [6.07, 6.45) is 3.99. The summed E-state index contributed by atoms with van der Waals surface area (Å²) in [7, 11) is 1.37. The molecule has 0 aliphatic carbocycles. The molecule has 2 aromatic heterocycles. The molecular formula is C24H30N4O3. The van der Waals surface area contributed by atoms with E-state index in [1.54, 1.807) is 12.3 Å². The summed E-state index contributed by atoms with van der Waals surface area (Å²) in [6.45, 7) is 6.05. The molecule has 164 valence electrons. The molecule has 7 heteroatoms. The normalized spacial score (nSPS) is 13.0. The number of methoxy groups -OCH3 is 1. The Bertz CT molecular complexity index is 1050. The molecular weight excluding hydrogens is 392 g/mol. The van der Waals surface area contributed by atoms with Gasteiger partial charge in [0.25, 0.3) is 5.91 Å². The summed E-state index contributed by atoms with van der Waals surface area (Å²) in [4.78, 5) is 29.6. The maximum absolute atomic E-state index is 13.3. The van der Waals surface area contributed by atoms with Gasteiger partial charge in [-0.15, -0.1) is 0 Å². The lowest BCUT2D eigenvalue weighted by molar-refractivity contribution is -0.140. The fourth-order valence-electron chi connectivity index (χ4n) is 3.61. The molecule has 1 aromatic carbocycles. The number of ether oxygens (including phenoxy) is 1. The summed E-state index contributed by atoms with van der Waals surface area (Å²) in [6, 6.07) is 11.7. The summed E-state index contributed by atoms with van der Waals surface area (Å²) in [5.41, 5.74) is 3.12. The maximum atomic E-state index is 13.3. The number of hydrogen-bond donors (Lipinski definition) is 1. The number of esters is 1. The predicted molar refractivity (Wildman–Crippen MR) is 120 cm³/mol. The van der Waals surface area contributed by atoms with Crippen molar-refractivity contribution in [2.24, 2.45) is 0 Å². The van der Waals surface area contributed by atoms with Crippen molar-refractivity contribution >= 4 is 22.9 Å². The van der Waals surface area contributed by atoms with Crippen molar-refractivity contribution in [3.63, 3.8) is 0 Å². The molecule has 0 aliphatic heterocycles. The zero-order chi connectivity index (χ0) is 22.4. The average Bonchev–Trinajstić information content (AvgIpc) is 3.20. The molecule has 0 unspecified atom stereocenters. The van der Waals surface area contributed by atoms with Crippen LogP contribution in [0.15, 0.2) is 42.6 Å². The number of amides is 1. The molecule has 0 radical (unpaired) electrons. The van der Waals surface area contributed by atoms with Crippen LogP contribution in [-0.4, -0.2) is 39.8 Å². The van der Waals surface area contributed by atoms with Crippen LogP contribution in [0.4, 0.5) is 0 Å². The van der Waals surface area contributed by atoms with Crippen LogP contribution in [-0.2, 0) is 16.0 Å². The Balaban J connectivity index is 1.87. The van der Waals surface area contributed by atoms with Crippen molar-refractivity contribution in [3.05, 3.63) is 59.4 Å². The molecule has 1 N–H and O–H groups in total. The lowest BCUT2D eigenvalue weighted by Crippen LogP contribution is -2.37. The molecule has 7 nitrogen and oxygen atoms in total. The van der Waals surface area contributed by atoms with Crippen LogP contribution in [0.3, 0.4) is 0 Å². The van der Waals surface area contributed by atoms with Crippen molar-refractivity contribution in [1.82, 2.24) is 20.1 Å². The molecule has 0 fully saturated rings. The van der Waals surface area contributed by atoms with E-state index in [0.717, 1.165) is 23.1 Å². The van der Waals surface area contributed by atoms with Crippen LogP contribution in [0.2, 0.25) is 0 Å². The number of carbonyl (C=O) groups excluding carboxylic acids is 2. The number of rotatable bonds is 9. The van der Waals surface area contributed by atoms with Crippen LogP contribution < -0.4 is 5.32 Å². The summed E-state index contributed by atoms with van der Waals surface area (Å²) in [5, 5.41) is 8.33. The number of nitrogens with zero attached hydrogens (tertiary/aromatic N) is 3. The monoisotopic (exact) mass is 422 g/mol. The Kier molecular flexibility index (Phi) is 7.39. The van der Waals surface area contributed by atoms with Gasteiger partial charge >= 0.3 is 5.97 Å². The van der Waals surface area contributed by atoms with Crippen LogP contribution in [0, 0.1) is 6.92 Å². The van der Waals surface area contributed by atoms with Gasteiger partial charge in [-0.1, -0.05) is 37.3 Å². The molecule has 3 rings (SSSR count). The number of hydrogen-bond acceptors (Lipinski definition) is 5. The van der Waals surface area contributed by atoms with E-state index in [1.807, 2.05) is 41.9 Å². The number of aryl methyl sites for hydroxylation is 1. The van der Waals surface area contributed by atoms with Gasteiger partial charge in [0, 0.05) is 18.2 Å². The lowest BCUT2D eigenvalue weighted by Gasteiger charge is -2.19. The molecule has 0 saturated heterocycles. The third kappa shape index (κ3) is 5.48. The number of nitrogens with one attached hydrogen (secondary N) is 1.